The number of carboxylic acid groups (broad SMARTS) is 1. The van der Waals surface area contributed by atoms with Crippen LogP contribution in [0.15, 0.2) is 24.3 Å². The van der Waals surface area contributed by atoms with E-state index in [1.54, 1.807) is 12.1 Å². The fourth-order valence-electron chi connectivity index (χ4n) is 2.28. The first-order valence-corrected chi connectivity index (χ1v) is 7.30. The number of carboxylic acids is 1. The van der Waals surface area contributed by atoms with Gasteiger partial charge in [-0.05, 0) is 25.0 Å². The molecule has 2 aromatic rings. The number of hydrogen-bond acceptors (Lipinski definition) is 3. The van der Waals surface area contributed by atoms with E-state index in [0.717, 1.165) is 4.57 Å². The molecule has 130 valence electrons. The third-order valence-electron chi connectivity index (χ3n) is 3.35. The molecule has 6 nitrogen and oxygen atoms in total. The van der Waals surface area contributed by atoms with Gasteiger partial charge in [-0.25, -0.2) is 4.98 Å². The molecule has 2 rings (SSSR count). The van der Waals surface area contributed by atoms with E-state index >= 15 is 0 Å². The van der Waals surface area contributed by atoms with Crippen LogP contribution in [0.5, 0.6) is 0 Å². The Balaban J connectivity index is 2.05. The van der Waals surface area contributed by atoms with Gasteiger partial charge in [0.05, 0.1) is 11.0 Å². The Morgan fingerprint density at radius 1 is 1.21 bits per heavy atom. The minimum atomic E-state index is -4.67. The molecule has 24 heavy (non-hydrogen) atoms. The molecular formula is C15H16F3N3O3. The maximum atomic E-state index is 13.1. The highest BCUT2D eigenvalue weighted by atomic mass is 19.4. The van der Waals surface area contributed by atoms with Crippen LogP contribution in [0.3, 0.4) is 0 Å². The van der Waals surface area contributed by atoms with Gasteiger partial charge in [0.25, 0.3) is 0 Å². The van der Waals surface area contributed by atoms with Gasteiger partial charge in [0.1, 0.15) is 6.54 Å². The van der Waals surface area contributed by atoms with Crippen molar-refractivity contribution >= 4 is 22.9 Å². The fraction of sp³-hybridized carbons (Fsp3) is 0.400. The molecule has 0 atom stereocenters. The minimum absolute atomic E-state index is 0.0136. The Morgan fingerprint density at radius 2 is 1.92 bits per heavy atom. The molecule has 0 unspecified atom stereocenters. The lowest BCUT2D eigenvalue weighted by Gasteiger charge is -2.11. The fourth-order valence-corrected chi connectivity index (χ4v) is 2.28. The Hall–Kier alpha value is -2.58. The zero-order valence-electron chi connectivity index (χ0n) is 12.6. The van der Waals surface area contributed by atoms with E-state index in [2.05, 4.69) is 10.3 Å². The van der Waals surface area contributed by atoms with Crippen molar-refractivity contribution in [2.24, 2.45) is 0 Å². The second-order valence-electron chi connectivity index (χ2n) is 5.21. The average molecular weight is 343 g/mol. The predicted octanol–water partition coefficient (Wildman–Crippen LogP) is 2.43. The monoisotopic (exact) mass is 343 g/mol. The zero-order chi connectivity index (χ0) is 17.7. The van der Waals surface area contributed by atoms with Crippen LogP contribution in [0.4, 0.5) is 13.2 Å². The number of benzene rings is 1. The quantitative estimate of drug-likeness (QED) is 0.756. The van der Waals surface area contributed by atoms with Crippen molar-refractivity contribution in [3.63, 3.8) is 0 Å². The van der Waals surface area contributed by atoms with E-state index in [1.807, 2.05) is 0 Å². The van der Waals surface area contributed by atoms with Crippen LogP contribution in [-0.2, 0) is 22.3 Å². The second kappa shape index (κ2) is 7.33. The van der Waals surface area contributed by atoms with Gasteiger partial charge < -0.3 is 15.0 Å². The molecule has 0 radical (unpaired) electrons. The van der Waals surface area contributed by atoms with E-state index in [1.165, 1.54) is 12.1 Å². The number of para-hydroxylation sites is 2. The van der Waals surface area contributed by atoms with Gasteiger partial charge in [0.2, 0.25) is 11.7 Å². The van der Waals surface area contributed by atoms with Crippen LogP contribution in [0, 0.1) is 0 Å². The van der Waals surface area contributed by atoms with Gasteiger partial charge in [-0.2, -0.15) is 13.2 Å². The lowest BCUT2D eigenvalue weighted by Crippen LogP contribution is -2.30. The van der Waals surface area contributed by atoms with Crippen molar-refractivity contribution in [3.8, 4) is 0 Å². The first-order chi connectivity index (χ1) is 11.3. The summed E-state index contributed by atoms with van der Waals surface area (Å²) in [5.74, 6) is -2.63. The number of carbonyl (C=O) groups excluding carboxylic acids is 1. The number of nitrogens with one attached hydrogen (secondary N) is 1. The van der Waals surface area contributed by atoms with Gasteiger partial charge in [-0.3, -0.25) is 9.59 Å². The van der Waals surface area contributed by atoms with E-state index in [-0.39, 0.29) is 24.0 Å². The SMILES string of the molecule is O=C(O)CCCCNC(=O)Cn1c(C(F)(F)F)nc2ccccc21. The van der Waals surface area contributed by atoms with E-state index in [4.69, 9.17) is 5.11 Å². The molecule has 0 saturated heterocycles. The molecule has 0 saturated carbocycles. The van der Waals surface area contributed by atoms with Crippen LogP contribution in [0.2, 0.25) is 0 Å². The number of unbranched alkanes of at least 4 members (excludes halogenated alkanes) is 1. The number of imidazole rings is 1. The highest BCUT2D eigenvalue weighted by Crippen LogP contribution is 2.31. The Kier molecular flexibility index (Phi) is 5.42. The van der Waals surface area contributed by atoms with Crippen LogP contribution >= 0.6 is 0 Å². The first-order valence-electron chi connectivity index (χ1n) is 7.30. The number of carbonyl (C=O) groups is 2. The molecule has 1 amide bonds. The normalized spacial score (nSPS) is 11.6. The number of rotatable bonds is 7. The number of aliphatic carboxylic acids is 1. The molecule has 9 heteroatoms. The third kappa shape index (κ3) is 4.46. The second-order valence-corrected chi connectivity index (χ2v) is 5.21. The van der Waals surface area contributed by atoms with Gasteiger partial charge in [-0.15, -0.1) is 0 Å². The van der Waals surface area contributed by atoms with Crippen molar-refractivity contribution in [1.29, 1.82) is 0 Å². The first kappa shape index (κ1) is 17.8. The van der Waals surface area contributed by atoms with Crippen molar-refractivity contribution in [3.05, 3.63) is 30.1 Å². The summed E-state index contributed by atoms with van der Waals surface area (Å²) in [4.78, 5) is 25.8. The molecule has 0 spiro atoms. The lowest BCUT2D eigenvalue weighted by molar-refractivity contribution is -0.147. The molecule has 2 N–H and O–H groups in total. The number of halogens is 3. The molecule has 1 aromatic heterocycles. The summed E-state index contributed by atoms with van der Waals surface area (Å²) < 4.78 is 40.1. The topological polar surface area (TPSA) is 84.2 Å². The number of fused-ring (bicyclic) bond motifs is 1. The molecule has 0 aliphatic carbocycles. The Morgan fingerprint density at radius 3 is 2.58 bits per heavy atom. The van der Waals surface area contributed by atoms with Crippen LogP contribution in [0.25, 0.3) is 11.0 Å². The maximum absolute atomic E-state index is 13.1. The van der Waals surface area contributed by atoms with Crippen molar-refractivity contribution < 1.29 is 27.9 Å². The smallest absolute Gasteiger partial charge is 0.449 e. The summed E-state index contributed by atoms with van der Waals surface area (Å²) in [7, 11) is 0. The van der Waals surface area contributed by atoms with Gasteiger partial charge in [-0.1, -0.05) is 12.1 Å². The van der Waals surface area contributed by atoms with Crippen molar-refractivity contribution in [2.45, 2.75) is 32.0 Å². The van der Waals surface area contributed by atoms with Gasteiger partial charge in [0, 0.05) is 13.0 Å². The van der Waals surface area contributed by atoms with Gasteiger partial charge >= 0.3 is 12.1 Å². The summed E-state index contributed by atoms with van der Waals surface area (Å²) in [6, 6.07) is 6.06. The summed E-state index contributed by atoms with van der Waals surface area (Å²) in [5, 5.41) is 11.0. The third-order valence-corrected chi connectivity index (χ3v) is 3.35. The number of alkyl halides is 3. The summed E-state index contributed by atoms with van der Waals surface area (Å²) in [5.41, 5.74) is 0.393. The lowest BCUT2D eigenvalue weighted by atomic mass is 10.2. The summed E-state index contributed by atoms with van der Waals surface area (Å²) in [6.07, 6.45) is -3.85. The zero-order valence-corrected chi connectivity index (χ0v) is 12.6. The van der Waals surface area contributed by atoms with Crippen LogP contribution < -0.4 is 5.32 Å². The van der Waals surface area contributed by atoms with Crippen molar-refractivity contribution in [2.75, 3.05) is 6.54 Å². The number of hydrogen-bond donors (Lipinski definition) is 2. The number of aromatic nitrogens is 2. The molecule has 0 bridgehead atoms. The van der Waals surface area contributed by atoms with Crippen LogP contribution in [-0.4, -0.2) is 33.1 Å². The minimum Gasteiger partial charge on any atom is -0.481 e. The maximum Gasteiger partial charge on any atom is 0.449 e. The molecule has 0 fully saturated rings. The number of nitrogens with zero attached hydrogens (tertiary/aromatic N) is 2. The highest BCUT2D eigenvalue weighted by molar-refractivity contribution is 5.81. The molecule has 1 aromatic carbocycles. The van der Waals surface area contributed by atoms with Crippen molar-refractivity contribution in [1.82, 2.24) is 14.9 Å². The predicted molar refractivity (Wildman–Crippen MR) is 79.2 cm³/mol. The molecule has 0 aliphatic heterocycles. The standard InChI is InChI=1S/C15H16F3N3O3/c16-15(17,18)14-20-10-5-1-2-6-11(10)21(14)9-12(22)19-8-4-3-7-13(23)24/h1-2,5-6H,3-4,7-9H2,(H,19,22)(H,23,24). The molecular weight excluding hydrogens is 327 g/mol. The van der Waals surface area contributed by atoms with Crippen LogP contribution in [0.1, 0.15) is 25.1 Å². The van der Waals surface area contributed by atoms with E-state index < -0.39 is 30.4 Å². The summed E-state index contributed by atoms with van der Waals surface area (Å²) in [6.45, 7) is -0.297. The molecule has 0 aliphatic rings. The number of amides is 1. The van der Waals surface area contributed by atoms with E-state index in [9.17, 15) is 22.8 Å². The summed E-state index contributed by atoms with van der Waals surface area (Å²) >= 11 is 0. The Labute approximate surface area is 135 Å². The largest absolute Gasteiger partial charge is 0.481 e. The molecule has 1 heterocycles. The van der Waals surface area contributed by atoms with E-state index in [0.29, 0.717) is 12.8 Å². The highest BCUT2D eigenvalue weighted by Gasteiger charge is 2.37. The average Bonchev–Trinajstić information content (AvgIpc) is 2.86. The Bertz CT molecular complexity index is 740. The van der Waals surface area contributed by atoms with Gasteiger partial charge in [0.15, 0.2) is 0 Å².